The number of benzene rings is 2. The highest BCUT2D eigenvalue weighted by Crippen LogP contribution is 2.23. The molecule has 0 aliphatic carbocycles. The molecule has 1 aliphatic rings. The van der Waals surface area contributed by atoms with Gasteiger partial charge in [-0.25, -0.2) is 4.39 Å². The number of carbonyl (C=O) groups is 1. The molecule has 1 aliphatic heterocycles. The summed E-state index contributed by atoms with van der Waals surface area (Å²) in [6.07, 6.45) is 3.34. The molecule has 5 nitrogen and oxygen atoms in total. The summed E-state index contributed by atoms with van der Waals surface area (Å²) >= 11 is 0. The van der Waals surface area contributed by atoms with Crippen LogP contribution in [0.2, 0.25) is 0 Å². The molecule has 4 rings (SSSR count). The maximum atomic E-state index is 14.0. The number of halogens is 1. The van der Waals surface area contributed by atoms with Crippen molar-refractivity contribution in [3.63, 3.8) is 0 Å². The molecule has 0 saturated carbocycles. The van der Waals surface area contributed by atoms with Crippen LogP contribution in [-0.4, -0.2) is 37.1 Å². The van der Waals surface area contributed by atoms with Crippen LogP contribution in [0.4, 0.5) is 21.5 Å². The first-order chi connectivity index (χ1) is 14.1. The quantitative estimate of drug-likeness (QED) is 0.728. The van der Waals surface area contributed by atoms with Crippen molar-refractivity contribution in [2.75, 3.05) is 41.3 Å². The molecule has 1 N–H and O–H groups in total. The number of hydrogen-bond acceptors (Lipinski definition) is 4. The second-order valence-electron chi connectivity index (χ2n) is 7.18. The number of piperazine rings is 1. The van der Waals surface area contributed by atoms with Crippen LogP contribution in [0.15, 0.2) is 67.0 Å². The third-order valence-corrected chi connectivity index (χ3v) is 5.13. The second-order valence-corrected chi connectivity index (χ2v) is 7.18. The molecule has 3 aromatic rings. The van der Waals surface area contributed by atoms with Gasteiger partial charge in [0.15, 0.2) is 0 Å². The van der Waals surface area contributed by atoms with E-state index in [1.807, 2.05) is 54.3 Å². The molecule has 1 saturated heterocycles. The minimum absolute atomic E-state index is 0.187. The van der Waals surface area contributed by atoms with Gasteiger partial charge < -0.3 is 15.1 Å². The number of pyridine rings is 1. The van der Waals surface area contributed by atoms with Crippen LogP contribution in [0, 0.1) is 12.7 Å². The topological polar surface area (TPSA) is 48.5 Å². The first-order valence-electron chi connectivity index (χ1n) is 9.68. The maximum Gasteiger partial charge on any atom is 0.257 e. The van der Waals surface area contributed by atoms with E-state index in [0.717, 1.165) is 30.0 Å². The fraction of sp³-hybridized carbons (Fsp3) is 0.217. The molecule has 2 heterocycles. The number of amides is 1. The number of anilines is 3. The minimum Gasteiger partial charge on any atom is -0.367 e. The molecule has 1 fully saturated rings. The Kier molecular flexibility index (Phi) is 5.42. The molecule has 1 aromatic heterocycles. The zero-order chi connectivity index (χ0) is 20.2. The number of aryl methyl sites for hydroxylation is 1. The SMILES string of the molecule is Cc1ccc(NC(=O)c2cncc(N3CCN(c4ccccc4F)CC3)c2)cc1. The number of rotatable bonds is 4. The van der Waals surface area contributed by atoms with Crippen LogP contribution in [0.5, 0.6) is 0 Å². The lowest BCUT2D eigenvalue weighted by Gasteiger charge is -2.37. The van der Waals surface area contributed by atoms with E-state index in [-0.39, 0.29) is 11.7 Å². The zero-order valence-electron chi connectivity index (χ0n) is 16.3. The van der Waals surface area contributed by atoms with E-state index in [1.165, 1.54) is 6.07 Å². The molecule has 29 heavy (non-hydrogen) atoms. The van der Waals surface area contributed by atoms with Crippen molar-refractivity contribution < 1.29 is 9.18 Å². The van der Waals surface area contributed by atoms with Gasteiger partial charge in [-0.05, 0) is 37.3 Å². The number of para-hydroxylation sites is 1. The Balaban J connectivity index is 1.42. The predicted molar refractivity (Wildman–Crippen MR) is 114 cm³/mol. The standard InChI is InChI=1S/C23H23FN4O/c1-17-6-8-19(9-7-17)26-23(29)18-14-20(16-25-15-18)27-10-12-28(13-11-27)22-5-3-2-4-21(22)24/h2-9,14-16H,10-13H2,1H3,(H,26,29). The molecule has 0 unspecified atom stereocenters. The lowest BCUT2D eigenvalue weighted by atomic mass is 10.2. The largest absolute Gasteiger partial charge is 0.367 e. The van der Waals surface area contributed by atoms with Crippen molar-refractivity contribution in [2.24, 2.45) is 0 Å². The summed E-state index contributed by atoms with van der Waals surface area (Å²) in [4.78, 5) is 21.1. The molecular formula is C23H23FN4O. The van der Waals surface area contributed by atoms with Crippen molar-refractivity contribution >= 4 is 23.0 Å². The number of nitrogens with zero attached hydrogens (tertiary/aromatic N) is 3. The lowest BCUT2D eigenvalue weighted by Crippen LogP contribution is -2.46. The van der Waals surface area contributed by atoms with Crippen molar-refractivity contribution in [3.8, 4) is 0 Å². The maximum absolute atomic E-state index is 14.0. The average molecular weight is 390 g/mol. The van der Waals surface area contributed by atoms with Gasteiger partial charge in [0, 0.05) is 38.1 Å². The monoisotopic (exact) mass is 390 g/mol. The molecule has 1 amide bonds. The van der Waals surface area contributed by atoms with Gasteiger partial charge in [-0.3, -0.25) is 9.78 Å². The van der Waals surface area contributed by atoms with E-state index >= 15 is 0 Å². The molecule has 0 atom stereocenters. The van der Waals surface area contributed by atoms with E-state index in [1.54, 1.807) is 18.5 Å². The van der Waals surface area contributed by atoms with E-state index in [2.05, 4.69) is 15.2 Å². The Morgan fingerprint density at radius 1 is 0.966 bits per heavy atom. The Hall–Kier alpha value is -3.41. The second kappa shape index (κ2) is 8.31. The van der Waals surface area contributed by atoms with Crippen molar-refractivity contribution in [1.82, 2.24) is 4.98 Å². The van der Waals surface area contributed by atoms with E-state index in [4.69, 9.17) is 0 Å². The van der Waals surface area contributed by atoms with Gasteiger partial charge in [0.05, 0.1) is 23.1 Å². The average Bonchev–Trinajstić information content (AvgIpc) is 2.76. The van der Waals surface area contributed by atoms with Gasteiger partial charge in [0.1, 0.15) is 5.82 Å². The van der Waals surface area contributed by atoms with Gasteiger partial charge in [0.2, 0.25) is 0 Å². The summed E-state index contributed by atoms with van der Waals surface area (Å²) in [6.45, 7) is 4.89. The summed E-state index contributed by atoms with van der Waals surface area (Å²) in [5.41, 5.74) is 3.94. The molecule has 0 spiro atoms. The highest BCUT2D eigenvalue weighted by molar-refractivity contribution is 6.04. The van der Waals surface area contributed by atoms with E-state index in [9.17, 15) is 9.18 Å². The summed E-state index contributed by atoms with van der Waals surface area (Å²) in [7, 11) is 0. The Morgan fingerprint density at radius 3 is 2.38 bits per heavy atom. The third-order valence-electron chi connectivity index (χ3n) is 5.13. The van der Waals surface area contributed by atoms with Crippen LogP contribution in [0.1, 0.15) is 15.9 Å². The summed E-state index contributed by atoms with van der Waals surface area (Å²) < 4.78 is 14.0. The highest BCUT2D eigenvalue weighted by atomic mass is 19.1. The smallest absolute Gasteiger partial charge is 0.257 e. The third kappa shape index (κ3) is 4.37. The molecule has 2 aromatic carbocycles. The Labute approximate surface area is 169 Å². The van der Waals surface area contributed by atoms with Gasteiger partial charge in [-0.2, -0.15) is 0 Å². The van der Waals surface area contributed by atoms with Crippen LogP contribution < -0.4 is 15.1 Å². The number of hydrogen-bond donors (Lipinski definition) is 1. The minimum atomic E-state index is -0.197. The molecule has 148 valence electrons. The van der Waals surface area contributed by atoms with E-state index < -0.39 is 0 Å². The van der Waals surface area contributed by atoms with E-state index in [0.29, 0.717) is 24.3 Å². The zero-order valence-corrected chi connectivity index (χ0v) is 16.3. The normalized spacial score (nSPS) is 14.0. The number of nitrogens with one attached hydrogen (secondary N) is 1. The molecular weight excluding hydrogens is 367 g/mol. The van der Waals surface area contributed by atoms with Gasteiger partial charge >= 0.3 is 0 Å². The van der Waals surface area contributed by atoms with Crippen LogP contribution in [0.3, 0.4) is 0 Å². The van der Waals surface area contributed by atoms with Gasteiger partial charge in [-0.1, -0.05) is 29.8 Å². The first-order valence-corrected chi connectivity index (χ1v) is 9.68. The molecule has 0 radical (unpaired) electrons. The van der Waals surface area contributed by atoms with Gasteiger partial charge in [0.25, 0.3) is 5.91 Å². The van der Waals surface area contributed by atoms with Crippen molar-refractivity contribution in [2.45, 2.75) is 6.92 Å². The number of aromatic nitrogens is 1. The first kappa shape index (κ1) is 18.9. The lowest BCUT2D eigenvalue weighted by molar-refractivity contribution is 0.102. The predicted octanol–water partition coefficient (Wildman–Crippen LogP) is 4.11. The molecule has 6 heteroatoms. The van der Waals surface area contributed by atoms with Crippen molar-refractivity contribution in [1.29, 1.82) is 0 Å². The molecule has 0 bridgehead atoms. The summed E-state index contributed by atoms with van der Waals surface area (Å²) in [5, 5.41) is 2.90. The Bertz CT molecular complexity index is 998. The summed E-state index contributed by atoms with van der Waals surface area (Å²) in [6, 6.07) is 16.4. The van der Waals surface area contributed by atoms with Crippen LogP contribution >= 0.6 is 0 Å². The fourth-order valence-corrected chi connectivity index (χ4v) is 3.48. The van der Waals surface area contributed by atoms with Crippen molar-refractivity contribution in [3.05, 3.63) is 83.9 Å². The summed E-state index contributed by atoms with van der Waals surface area (Å²) in [5.74, 6) is -0.384. The van der Waals surface area contributed by atoms with Crippen LogP contribution in [-0.2, 0) is 0 Å². The van der Waals surface area contributed by atoms with Crippen LogP contribution in [0.25, 0.3) is 0 Å². The highest BCUT2D eigenvalue weighted by Gasteiger charge is 2.20. The fourth-order valence-electron chi connectivity index (χ4n) is 3.48. The Morgan fingerprint density at radius 2 is 1.66 bits per heavy atom. The van der Waals surface area contributed by atoms with Gasteiger partial charge in [-0.15, -0.1) is 0 Å². The number of carbonyl (C=O) groups excluding carboxylic acids is 1.